The van der Waals surface area contributed by atoms with Crippen molar-refractivity contribution in [2.24, 2.45) is 0 Å². The highest BCUT2D eigenvalue weighted by Gasteiger charge is 1.77. The van der Waals surface area contributed by atoms with Crippen LogP contribution < -0.4 is 0 Å². The molecule has 1 rings (SSSR count). The summed E-state index contributed by atoms with van der Waals surface area (Å²) in [5.41, 5.74) is 0. The topological polar surface area (TPSA) is 0 Å². The molecule has 0 unspecified atom stereocenters. The van der Waals surface area contributed by atoms with E-state index in [2.05, 4.69) is 24.3 Å². The molecule has 0 aromatic rings. The molecular formula is C8H14S. The van der Waals surface area contributed by atoms with Gasteiger partial charge in [0, 0.05) is 0 Å². The third-order valence-corrected chi connectivity index (χ3v) is 0.883. The number of allylic oxidation sites excluding steroid dienone is 4. The van der Waals surface area contributed by atoms with Gasteiger partial charge in [-0.2, -0.15) is 11.8 Å². The highest BCUT2D eigenvalue weighted by atomic mass is 32.2. The molecule has 0 saturated heterocycles. The van der Waals surface area contributed by atoms with E-state index in [1.54, 1.807) is 11.8 Å². The van der Waals surface area contributed by atoms with E-state index in [4.69, 9.17) is 0 Å². The molecule has 0 aliphatic heterocycles. The zero-order valence-electron chi connectivity index (χ0n) is 6.13. The molecule has 0 bridgehead atoms. The van der Waals surface area contributed by atoms with E-state index in [1.807, 2.05) is 12.5 Å². The summed E-state index contributed by atoms with van der Waals surface area (Å²) in [6.07, 6.45) is 15.1. The fraction of sp³-hybridized carbons (Fsp3) is 0.500. The zero-order chi connectivity index (χ0) is 6.95. The molecule has 0 saturated carbocycles. The molecule has 0 N–H and O–H groups in total. The van der Waals surface area contributed by atoms with E-state index in [0.717, 1.165) is 0 Å². The number of hydrogen-bond acceptors (Lipinski definition) is 1. The molecule has 0 atom stereocenters. The van der Waals surface area contributed by atoms with E-state index in [-0.39, 0.29) is 0 Å². The molecule has 0 aromatic carbocycles. The Bertz CT molecular complexity index is 80.7. The molecular weight excluding hydrogens is 128 g/mol. The lowest BCUT2D eigenvalue weighted by Crippen LogP contribution is -1.67. The molecule has 0 nitrogen and oxygen atoms in total. The van der Waals surface area contributed by atoms with Gasteiger partial charge in [-0.25, -0.2) is 0 Å². The van der Waals surface area contributed by atoms with Crippen molar-refractivity contribution >= 4 is 11.8 Å². The molecule has 9 heavy (non-hydrogen) atoms. The van der Waals surface area contributed by atoms with Gasteiger partial charge in [0.05, 0.1) is 0 Å². The number of rotatable bonds is 0. The second kappa shape index (κ2) is 7.83. The predicted molar refractivity (Wildman–Crippen MR) is 47.0 cm³/mol. The third-order valence-electron chi connectivity index (χ3n) is 0.883. The Hall–Kier alpha value is -0.170. The van der Waals surface area contributed by atoms with E-state index in [1.165, 1.54) is 12.8 Å². The van der Waals surface area contributed by atoms with Crippen molar-refractivity contribution in [3.63, 3.8) is 0 Å². The van der Waals surface area contributed by atoms with Gasteiger partial charge in [0.2, 0.25) is 0 Å². The maximum Gasteiger partial charge on any atom is -0.0187 e. The summed E-state index contributed by atoms with van der Waals surface area (Å²) < 4.78 is 0. The van der Waals surface area contributed by atoms with Crippen LogP contribution in [0.4, 0.5) is 0 Å². The van der Waals surface area contributed by atoms with Gasteiger partial charge in [0.15, 0.2) is 0 Å². The van der Waals surface area contributed by atoms with Gasteiger partial charge in [0.25, 0.3) is 0 Å². The third kappa shape index (κ3) is 7.83. The zero-order valence-corrected chi connectivity index (χ0v) is 6.95. The lowest BCUT2D eigenvalue weighted by molar-refractivity contribution is 1.04. The quantitative estimate of drug-likeness (QED) is 0.501. The lowest BCUT2D eigenvalue weighted by Gasteiger charge is -1.88. The van der Waals surface area contributed by atoms with Crippen LogP contribution >= 0.6 is 11.8 Å². The van der Waals surface area contributed by atoms with Crippen LogP contribution in [0.1, 0.15) is 12.8 Å². The van der Waals surface area contributed by atoms with Crippen molar-refractivity contribution in [2.45, 2.75) is 12.8 Å². The Balaban J connectivity index is 0.000000187. The lowest BCUT2D eigenvalue weighted by atomic mass is 10.2. The van der Waals surface area contributed by atoms with Crippen LogP contribution in [0, 0.1) is 0 Å². The molecule has 1 aliphatic rings. The second-order valence-electron chi connectivity index (χ2n) is 1.84. The van der Waals surface area contributed by atoms with Crippen molar-refractivity contribution in [3.05, 3.63) is 24.3 Å². The summed E-state index contributed by atoms with van der Waals surface area (Å²) in [4.78, 5) is 0. The normalized spacial score (nSPS) is 14.4. The summed E-state index contributed by atoms with van der Waals surface area (Å²) in [6, 6.07) is 0. The van der Waals surface area contributed by atoms with Crippen LogP contribution in [0.5, 0.6) is 0 Å². The molecule has 0 spiro atoms. The average molecular weight is 142 g/mol. The molecule has 1 heteroatoms. The van der Waals surface area contributed by atoms with Crippen LogP contribution in [0.2, 0.25) is 0 Å². The van der Waals surface area contributed by atoms with E-state index < -0.39 is 0 Å². The van der Waals surface area contributed by atoms with Gasteiger partial charge in [0.1, 0.15) is 0 Å². The fourth-order valence-electron chi connectivity index (χ4n) is 0.542. The minimum Gasteiger partial charge on any atom is -0.169 e. The maximum absolute atomic E-state index is 2.18. The minimum absolute atomic E-state index is 1.23. The van der Waals surface area contributed by atoms with Gasteiger partial charge in [-0.1, -0.05) is 24.3 Å². The Kier molecular flexibility index (Phi) is 7.68. The Labute approximate surface area is 62.0 Å². The molecule has 0 amide bonds. The van der Waals surface area contributed by atoms with E-state index in [9.17, 15) is 0 Å². The Morgan fingerprint density at radius 1 is 1.00 bits per heavy atom. The maximum atomic E-state index is 2.18. The van der Waals surface area contributed by atoms with Gasteiger partial charge in [-0.3, -0.25) is 0 Å². The monoisotopic (exact) mass is 142 g/mol. The minimum atomic E-state index is 1.23. The van der Waals surface area contributed by atoms with Gasteiger partial charge in [-0.05, 0) is 25.4 Å². The number of thioether (sulfide) groups is 1. The Morgan fingerprint density at radius 3 is 1.44 bits per heavy atom. The highest BCUT2D eigenvalue weighted by Crippen LogP contribution is 1.98. The average Bonchev–Trinajstić information content (AvgIpc) is 1.93. The van der Waals surface area contributed by atoms with Crippen molar-refractivity contribution in [2.75, 3.05) is 12.5 Å². The van der Waals surface area contributed by atoms with Crippen molar-refractivity contribution < 1.29 is 0 Å². The van der Waals surface area contributed by atoms with Crippen LogP contribution in [-0.4, -0.2) is 12.5 Å². The Morgan fingerprint density at radius 2 is 1.33 bits per heavy atom. The second-order valence-corrected chi connectivity index (χ2v) is 2.66. The van der Waals surface area contributed by atoms with Gasteiger partial charge < -0.3 is 0 Å². The first-order valence-corrected chi connectivity index (χ1v) is 4.77. The van der Waals surface area contributed by atoms with Crippen LogP contribution in [0.15, 0.2) is 24.3 Å². The summed E-state index contributed by atoms with van der Waals surface area (Å²) in [5.74, 6) is 0. The van der Waals surface area contributed by atoms with Crippen LogP contribution in [-0.2, 0) is 0 Å². The summed E-state index contributed by atoms with van der Waals surface area (Å²) in [5, 5.41) is 0. The summed E-state index contributed by atoms with van der Waals surface area (Å²) >= 11 is 1.75. The molecule has 1 aliphatic carbocycles. The fourth-order valence-corrected chi connectivity index (χ4v) is 0.542. The van der Waals surface area contributed by atoms with Gasteiger partial charge >= 0.3 is 0 Å². The molecule has 0 fully saturated rings. The molecule has 52 valence electrons. The van der Waals surface area contributed by atoms with E-state index >= 15 is 0 Å². The van der Waals surface area contributed by atoms with Crippen LogP contribution in [0.25, 0.3) is 0 Å². The molecule has 0 heterocycles. The predicted octanol–water partition coefficient (Wildman–Crippen LogP) is 2.87. The van der Waals surface area contributed by atoms with Crippen molar-refractivity contribution in [1.82, 2.24) is 0 Å². The summed E-state index contributed by atoms with van der Waals surface area (Å²) in [7, 11) is 0. The standard InChI is InChI=1S/C6H8.C2H6S/c1-2-4-6-5-3-1;1-3-2/h1-4H,5-6H2;1-2H3. The van der Waals surface area contributed by atoms with Crippen molar-refractivity contribution in [1.29, 1.82) is 0 Å². The first-order chi connectivity index (χ1) is 4.41. The van der Waals surface area contributed by atoms with Crippen LogP contribution in [0.3, 0.4) is 0 Å². The first-order valence-electron chi connectivity index (χ1n) is 3.13. The summed E-state index contributed by atoms with van der Waals surface area (Å²) in [6.45, 7) is 0. The number of hydrogen-bond donors (Lipinski definition) is 0. The first kappa shape index (κ1) is 8.83. The van der Waals surface area contributed by atoms with Crippen molar-refractivity contribution in [3.8, 4) is 0 Å². The largest absolute Gasteiger partial charge is 0.169 e. The molecule has 0 aromatic heterocycles. The van der Waals surface area contributed by atoms with E-state index in [0.29, 0.717) is 0 Å². The highest BCUT2D eigenvalue weighted by molar-refractivity contribution is 7.97. The smallest absolute Gasteiger partial charge is 0.0187 e. The SMILES string of the molecule is C1=CCCC=C1.CSC. The van der Waals surface area contributed by atoms with Gasteiger partial charge in [-0.15, -0.1) is 0 Å². The molecule has 0 radical (unpaired) electrons.